The summed E-state index contributed by atoms with van der Waals surface area (Å²) < 4.78 is 68.0. The number of hydrogen-bond donors (Lipinski definition) is 3. The molecule has 0 radical (unpaired) electrons. The van der Waals surface area contributed by atoms with E-state index in [2.05, 4.69) is 35.0 Å². The summed E-state index contributed by atoms with van der Waals surface area (Å²) in [5, 5.41) is 17.5. The molecule has 4 rings (SSSR count). The number of ether oxygens (including phenoxy) is 1. The summed E-state index contributed by atoms with van der Waals surface area (Å²) in [7, 11) is -3.98. The van der Waals surface area contributed by atoms with Crippen LogP contribution in [0.4, 0.5) is 30.6 Å². The van der Waals surface area contributed by atoms with E-state index < -0.39 is 22.1 Å². The van der Waals surface area contributed by atoms with Crippen molar-refractivity contribution in [2.24, 2.45) is 0 Å². The van der Waals surface area contributed by atoms with Gasteiger partial charge in [0.1, 0.15) is 22.3 Å². The number of rotatable bonds is 10. The van der Waals surface area contributed by atoms with Gasteiger partial charge in [-0.2, -0.15) is 10.2 Å². The second-order valence-corrected chi connectivity index (χ2v) is 10.1. The van der Waals surface area contributed by atoms with E-state index in [-0.39, 0.29) is 23.9 Å². The summed E-state index contributed by atoms with van der Waals surface area (Å²) in [6.07, 6.45) is -3.24. The Morgan fingerprint density at radius 2 is 1.76 bits per heavy atom. The number of aromatic nitrogens is 3. The average Bonchev–Trinajstić information content (AvgIpc) is 3.42. The van der Waals surface area contributed by atoms with Gasteiger partial charge in [0.15, 0.2) is 0 Å². The van der Waals surface area contributed by atoms with Crippen LogP contribution in [0.1, 0.15) is 5.56 Å². The molecule has 2 heterocycles. The predicted octanol–water partition coefficient (Wildman–Crippen LogP) is 4.50. The summed E-state index contributed by atoms with van der Waals surface area (Å²) in [5.74, 6) is 0.127. The number of nitriles is 1. The summed E-state index contributed by atoms with van der Waals surface area (Å²) in [5.41, 5.74) is 1.74. The zero-order valence-corrected chi connectivity index (χ0v) is 20.9. The third kappa shape index (κ3) is 7.38. The van der Waals surface area contributed by atoms with Gasteiger partial charge in [-0.1, -0.05) is 0 Å². The van der Waals surface area contributed by atoms with Crippen molar-refractivity contribution >= 4 is 38.8 Å². The van der Waals surface area contributed by atoms with E-state index in [1.165, 1.54) is 11.3 Å². The lowest BCUT2D eigenvalue weighted by molar-refractivity contribution is -0.274. The van der Waals surface area contributed by atoms with E-state index in [1.54, 1.807) is 41.9 Å². The highest BCUT2D eigenvalue weighted by atomic mass is 32.2. The third-order valence-corrected chi connectivity index (χ3v) is 7.00. The maximum Gasteiger partial charge on any atom is 0.573 e. The zero-order valence-electron chi connectivity index (χ0n) is 19.2. The maximum atomic E-state index is 12.5. The molecule has 0 aliphatic carbocycles. The van der Waals surface area contributed by atoms with Crippen LogP contribution in [-0.4, -0.2) is 42.8 Å². The van der Waals surface area contributed by atoms with Crippen molar-refractivity contribution < 1.29 is 26.3 Å². The molecule has 4 aromatic rings. The summed E-state index contributed by atoms with van der Waals surface area (Å²) in [6.45, 7) is 0.0402. The van der Waals surface area contributed by atoms with Gasteiger partial charge < -0.3 is 15.4 Å². The van der Waals surface area contributed by atoms with Crippen LogP contribution in [0.2, 0.25) is 0 Å². The summed E-state index contributed by atoms with van der Waals surface area (Å²) in [6, 6.07) is 14.4. The van der Waals surface area contributed by atoms with Gasteiger partial charge in [-0.3, -0.25) is 0 Å². The minimum atomic E-state index is -4.87. The molecule has 0 amide bonds. The molecular formula is C23H18F3N7O3S2. The van der Waals surface area contributed by atoms with Crippen LogP contribution in [0.5, 0.6) is 5.75 Å². The van der Waals surface area contributed by atoms with Gasteiger partial charge in [-0.25, -0.2) is 23.1 Å². The van der Waals surface area contributed by atoms with Crippen molar-refractivity contribution in [2.45, 2.75) is 11.3 Å². The number of sulfonamides is 1. The standard InChI is InChI=1S/C23H18F3N7O3S2/c24-23(25,26)36-17-5-7-18(8-6-17)38(34,35)30-10-9-29-22-32-19(21-28-11-12-37-21)13-20(33-22)31-16-3-1-15(14-27)2-4-16/h1-8,11-13,30H,9-10H2,(H2,29,31,32,33). The average molecular weight is 562 g/mol. The van der Waals surface area contributed by atoms with Crippen LogP contribution in [0.15, 0.2) is 71.1 Å². The van der Waals surface area contributed by atoms with Gasteiger partial charge in [0, 0.05) is 36.4 Å². The monoisotopic (exact) mass is 561 g/mol. The van der Waals surface area contributed by atoms with E-state index in [0.717, 1.165) is 24.3 Å². The molecule has 0 atom stereocenters. The van der Waals surface area contributed by atoms with E-state index in [1.807, 2.05) is 6.07 Å². The van der Waals surface area contributed by atoms with Crippen molar-refractivity contribution in [3.63, 3.8) is 0 Å². The van der Waals surface area contributed by atoms with E-state index >= 15 is 0 Å². The molecule has 0 spiro atoms. The predicted molar refractivity (Wildman–Crippen MR) is 134 cm³/mol. The van der Waals surface area contributed by atoms with Gasteiger partial charge in [0.05, 0.1) is 16.5 Å². The molecule has 2 aromatic heterocycles. The molecule has 196 valence electrons. The van der Waals surface area contributed by atoms with Gasteiger partial charge in [0.25, 0.3) is 0 Å². The Kier molecular flexibility index (Phi) is 8.05. The van der Waals surface area contributed by atoms with Crippen molar-refractivity contribution in [1.82, 2.24) is 19.7 Å². The fourth-order valence-electron chi connectivity index (χ4n) is 3.09. The minimum Gasteiger partial charge on any atom is -0.406 e. The first-order valence-corrected chi connectivity index (χ1v) is 13.1. The number of halogens is 3. The smallest absolute Gasteiger partial charge is 0.406 e. The zero-order chi connectivity index (χ0) is 27.2. The Balaban J connectivity index is 1.41. The first-order valence-electron chi connectivity index (χ1n) is 10.8. The molecule has 2 aromatic carbocycles. The van der Waals surface area contributed by atoms with Crippen LogP contribution in [0.25, 0.3) is 10.7 Å². The number of benzene rings is 2. The number of nitrogens with zero attached hydrogens (tertiary/aromatic N) is 4. The summed E-state index contributed by atoms with van der Waals surface area (Å²) in [4.78, 5) is 12.9. The second-order valence-electron chi connectivity index (χ2n) is 7.46. The minimum absolute atomic E-state index is 0.0631. The number of thiazole rings is 1. The highest BCUT2D eigenvalue weighted by Gasteiger charge is 2.31. The second kappa shape index (κ2) is 11.4. The molecule has 15 heteroatoms. The lowest BCUT2D eigenvalue weighted by atomic mass is 10.2. The third-order valence-electron chi connectivity index (χ3n) is 4.73. The van der Waals surface area contributed by atoms with Gasteiger partial charge >= 0.3 is 6.36 Å². The molecule has 3 N–H and O–H groups in total. The van der Waals surface area contributed by atoms with Crippen molar-refractivity contribution in [1.29, 1.82) is 5.26 Å². The maximum absolute atomic E-state index is 12.5. The molecule has 0 saturated carbocycles. The Hall–Kier alpha value is -4.26. The molecule has 10 nitrogen and oxygen atoms in total. The first-order chi connectivity index (χ1) is 18.1. The van der Waals surface area contributed by atoms with E-state index in [0.29, 0.717) is 27.8 Å². The Bertz CT molecular complexity index is 1520. The van der Waals surface area contributed by atoms with E-state index in [4.69, 9.17) is 5.26 Å². The normalized spacial score (nSPS) is 11.5. The van der Waals surface area contributed by atoms with E-state index in [9.17, 15) is 21.6 Å². The molecule has 0 aliphatic heterocycles. The van der Waals surface area contributed by atoms with Crippen LogP contribution in [-0.2, 0) is 10.0 Å². The quantitative estimate of drug-likeness (QED) is 0.239. The fraction of sp³-hybridized carbons (Fsp3) is 0.130. The molecular weight excluding hydrogens is 543 g/mol. The molecule has 0 fully saturated rings. The molecule has 0 saturated heterocycles. The van der Waals surface area contributed by atoms with Crippen molar-refractivity contribution in [3.8, 4) is 22.5 Å². The molecule has 0 aliphatic rings. The number of nitrogens with one attached hydrogen (secondary N) is 3. The van der Waals surface area contributed by atoms with Crippen LogP contribution in [0.3, 0.4) is 0 Å². The first kappa shape index (κ1) is 26.8. The molecule has 0 unspecified atom stereocenters. The van der Waals surface area contributed by atoms with Gasteiger partial charge in [0.2, 0.25) is 16.0 Å². The lowest BCUT2D eigenvalue weighted by Crippen LogP contribution is -2.29. The van der Waals surface area contributed by atoms with Crippen molar-refractivity contribution in [3.05, 3.63) is 71.7 Å². The highest BCUT2D eigenvalue weighted by Crippen LogP contribution is 2.26. The molecule has 0 bridgehead atoms. The van der Waals surface area contributed by atoms with Gasteiger partial charge in [-0.15, -0.1) is 24.5 Å². The molecule has 38 heavy (non-hydrogen) atoms. The Labute approximate surface area is 219 Å². The Morgan fingerprint density at radius 1 is 1.03 bits per heavy atom. The number of hydrogen-bond acceptors (Lipinski definition) is 10. The SMILES string of the molecule is N#Cc1ccc(Nc2cc(-c3nccs3)nc(NCCNS(=O)(=O)c3ccc(OC(F)(F)F)cc3)n2)cc1. The topological polar surface area (TPSA) is 142 Å². The number of alkyl halides is 3. The Morgan fingerprint density at radius 3 is 2.39 bits per heavy atom. The van der Waals surface area contributed by atoms with Crippen molar-refractivity contribution in [2.75, 3.05) is 23.7 Å². The summed E-state index contributed by atoms with van der Waals surface area (Å²) >= 11 is 1.38. The van der Waals surface area contributed by atoms with Crippen LogP contribution < -0.4 is 20.1 Å². The van der Waals surface area contributed by atoms with Crippen LogP contribution >= 0.6 is 11.3 Å². The highest BCUT2D eigenvalue weighted by molar-refractivity contribution is 7.89. The number of anilines is 3. The van der Waals surface area contributed by atoms with Gasteiger partial charge in [-0.05, 0) is 48.5 Å². The lowest BCUT2D eigenvalue weighted by Gasteiger charge is -2.12. The fourth-order valence-corrected chi connectivity index (χ4v) is 4.72. The largest absolute Gasteiger partial charge is 0.573 e. The van der Waals surface area contributed by atoms with Crippen LogP contribution in [0, 0.1) is 11.3 Å².